The Bertz CT molecular complexity index is 1320. The first kappa shape index (κ1) is 22.2. The minimum atomic E-state index is -1.22. The van der Waals surface area contributed by atoms with Gasteiger partial charge in [-0.3, -0.25) is 24.2 Å². The van der Waals surface area contributed by atoms with Gasteiger partial charge in [0, 0.05) is 16.9 Å². The number of amides is 3. The summed E-state index contributed by atoms with van der Waals surface area (Å²) in [5.74, 6) is -0.500. The molecule has 1 fully saturated rings. The van der Waals surface area contributed by atoms with Gasteiger partial charge in [0.1, 0.15) is 6.54 Å². The Morgan fingerprint density at radius 3 is 2.41 bits per heavy atom. The number of nitrogens with zero attached hydrogens (tertiary/aromatic N) is 2. The summed E-state index contributed by atoms with van der Waals surface area (Å²) < 4.78 is 0. The number of carbonyl (C=O) groups is 3. The highest BCUT2D eigenvalue weighted by Gasteiger charge is 2.61. The van der Waals surface area contributed by atoms with E-state index in [1.54, 1.807) is 4.90 Å². The van der Waals surface area contributed by atoms with Crippen LogP contribution in [0.4, 0.5) is 17.1 Å². The summed E-state index contributed by atoms with van der Waals surface area (Å²) in [5, 5.41) is 2.92. The van der Waals surface area contributed by atoms with Crippen LogP contribution in [0.15, 0.2) is 66.7 Å². The lowest BCUT2D eigenvalue weighted by Gasteiger charge is -2.33. The summed E-state index contributed by atoms with van der Waals surface area (Å²) >= 11 is 1.31. The summed E-state index contributed by atoms with van der Waals surface area (Å²) in [6.45, 7) is 5.76. The number of aryl methyl sites for hydroxylation is 3. The number of rotatable bonds is 4. The van der Waals surface area contributed by atoms with E-state index in [9.17, 15) is 14.4 Å². The average Bonchev–Trinajstić information content (AvgIpc) is 3.24. The molecule has 0 saturated carbocycles. The van der Waals surface area contributed by atoms with E-state index in [2.05, 4.69) is 5.32 Å². The molecule has 2 heterocycles. The minimum absolute atomic E-state index is 0.125. The lowest BCUT2D eigenvalue weighted by Crippen LogP contribution is -2.50. The molecule has 3 aromatic rings. The Morgan fingerprint density at radius 1 is 0.941 bits per heavy atom. The van der Waals surface area contributed by atoms with Crippen LogP contribution < -0.4 is 15.1 Å². The molecular weight excluding hydrogens is 446 g/mol. The molecule has 5 rings (SSSR count). The molecule has 1 spiro atoms. The number of carbonyl (C=O) groups excluding carboxylic acids is 3. The molecule has 34 heavy (non-hydrogen) atoms. The number of benzene rings is 3. The number of fused-ring (bicyclic) bond motifs is 2. The van der Waals surface area contributed by atoms with E-state index < -0.39 is 4.87 Å². The Labute approximate surface area is 202 Å². The van der Waals surface area contributed by atoms with Crippen molar-refractivity contribution in [2.45, 2.75) is 25.6 Å². The summed E-state index contributed by atoms with van der Waals surface area (Å²) in [6.07, 6.45) is 0. The zero-order chi connectivity index (χ0) is 24.0. The fraction of sp³-hybridized carbons (Fsp3) is 0.222. The Morgan fingerprint density at radius 2 is 1.68 bits per heavy atom. The largest absolute Gasteiger partial charge is 0.325 e. The Balaban J connectivity index is 1.51. The maximum atomic E-state index is 14.0. The maximum Gasteiger partial charge on any atom is 0.269 e. The normalized spacial score (nSPS) is 19.1. The van der Waals surface area contributed by atoms with E-state index >= 15 is 0 Å². The molecular formula is C27H25N3O3S. The molecule has 172 valence electrons. The van der Waals surface area contributed by atoms with Crippen molar-refractivity contribution in [3.63, 3.8) is 0 Å². The molecule has 0 aromatic heterocycles. The van der Waals surface area contributed by atoms with Crippen LogP contribution in [0.3, 0.4) is 0 Å². The number of anilines is 3. The summed E-state index contributed by atoms with van der Waals surface area (Å²) in [5.41, 5.74) is 5.86. The van der Waals surface area contributed by atoms with Gasteiger partial charge in [-0.2, -0.15) is 0 Å². The molecule has 2 aliphatic rings. The van der Waals surface area contributed by atoms with Crippen LogP contribution in [0, 0.1) is 20.8 Å². The molecule has 0 unspecified atom stereocenters. The van der Waals surface area contributed by atoms with Crippen molar-refractivity contribution in [2.24, 2.45) is 0 Å². The van der Waals surface area contributed by atoms with E-state index in [1.807, 2.05) is 87.5 Å². The van der Waals surface area contributed by atoms with Crippen LogP contribution in [0.5, 0.6) is 0 Å². The predicted octanol–water partition coefficient (Wildman–Crippen LogP) is 4.53. The first-order valence-electron chi connectivity index (χ1n) is 11.1. The molecule has 3 amide bonds. The summed E-state index contributed by atoms with van der Waals surface area (Å²) in [6, 6.07) is 20.9. The molecule has 0 aliphatic carbocycles. The van der Waals surface area contributed by atoms with Gasteiger partial charge in [-0.15, -0.1) is 11.8 Å². The third-order valence-electron chi connectivity index (χ3n) is 6.13. The SMILES string of the molecule is Cc1cc(C)cc(NC(=O)CN2C(=O)[C@@]3(SCC(=O)N3c3cccc(C)c3)c3ccccc32)c1. The second-order valence-electron chi connectivity index (χ2n) is 8.83. The monoisotopic (exact) mass is 471 g/mol. The van der Waals surface area contributed by atoms with Crippen molar-refractivity contribution in [3.05, 3.63) is 89.0 Å². The van der Waals surface area contributed by atoms with Crippen LogP contribution in [-0.4, -0.2) is 30.0 Å². The fourth-order valence-electron chi connectivity index (χ4n) is 4.87. The topological polar surface area (TPSA) is 69.7 Å². The lowest BCUT2D eigenvalue weighted by molar-refractivity contribution is -0.124. The molecule has 7 heteroatoms. The number of thioether (sulfide) groups is 1. The van der Waals surface area contributed by atoms with Crippen molar-refractivity contribution in [2.75, 3.05) is 27.4 Å². The number of hydrogen-bond acceptors (Lipinski definition) is 4. The van der Waals surface area contributed by atoms with Crippen LogP contribution in [0.1, 0.15) is 22.3 Å². The van der Waals surface area contributed by atoms with E-state index in [4.69, 9.17) is 0 Å². The highest BCUT2D eigenvalue weighted by Crippen LogP contribution is 2.55. The molecule has 1 N–H and O–H groups in total. The fourth-order valence-corrected chi connectivity index (χ4v) is 6.23. The number of para-hydroxylation sites is 1. The van der Waals surface area contributed by atoms with Crippen LogP contribution in [0.25, 0.3) is 0 Å². The van der Waals surface area contributed by atoms with Gasteiger partial charge in [0.25, 0.3) is 5.91 Å². The van der Waals surface area contributed by atoms with Gasteiger partial charge < -0.3 is 5.32 Å². The second kappa shape index (κ2) is 8.33. The molecule has 1 atom stereocenters. The number of hydrogen-bond donors (Lipinski definition) is 1. The van der Waals surface area contributed by atoms with Crippen LogP contribution >= 0.6 is 11.8 Å². The third-order valence-corrected chi connectivity index (χ3v) is 7.52. The predicted molar refractivity (Wildman–Crippen MR) is 136 cm³/mol. The van der Waals surface area contributed by atoms with Crippen molar-refractivity contribution in [3.8, 4) is 0 Å². The first-order valence-corrected chi connectivity index (χ1v) is 12.1. The molecule has 2 aliphatic heterocycles. The highest BCUT2D eigenvalue weighted by molar-refractivity contribution is 8.02. The van der Waals surface area contributed by atoms with Crippen molar-refractivity contribution in [1.29, 1.82) is 0 Å². The van der Waals surface area contributed by atoms with Crippen molar-refractivity contribution in [1.82, 2.24) is 0 Å². The Kier molecular flexibility index (Phi) is 5.44. The number of nitrogens with one attached hydrogen (secondary N) is 1. The van der Waals surface area contributed by atoms with Crippen molar-refractivity contribution < 1.29 is 14.4 Å². The zero-order valence-electron chi connectivity index (χ0n) is 19.3. The molecule has 1 saturated heterocycles. The van der Waals surface area contributed by atoms with Crippen molar-refractivity contribution >= 4 is 46.5 Å². The zero-order valence-corrected chi connectivity index (χ0v) is 20.1. The van der Waals surface area contributed by atoms with Crippen LogP contribution in [-0.2, 0) is 19.3 Å². The maximum absolute atomic E-state index is 14.0. The summed E-state index contributed by atoms with van der Waals surface area (Å²) in [7, 11) is 0. The van der Waals surface area contributed by atoms with Gasteiger partial charge in [0.2, 0.25) is 16.7 Å². The molecule has 0 bridgehead atoms. The van der Waals surface area contributed by atoms with Crippen LogP contribution in [0.2, 0.25) is 0 Å². The smallest absolute Gasteiger partial charge is 0.269 e. The van der Waals surface area contributed by atoms with Gasteiger partial charge in [-0.25, -0.2) is 0 Å². The van der Waals surface area contributed by atoms with Gasteiger partial charge in [-0.05, 0) is 67.8 Å². The van der Waals surface area contributed by atoms with E-state index in [0.717, 1.165) is 22.3 Å². The first-order chi connectivity index (χ1) is 16.3. The van der Waals surface area contributed by atoms with Gasteiger partial charge in [0.15, 0.2) is 0 Å². The standard InChI is InChI=1S/C27H25N3O3S/c1-17-7-6-8-21(14-17)30-25(32)16-34-27(30)22-9-4-5-10-23(22)29(26(27)33)15-24(31)28-20-12-18(2)11-19(3)13-20/h4-14H,15-16H2,1-3H3,(H,28,31)/t27-/m0/s1. The Hall–Kier alpha value is -3.58. The van der Waals surface area contributed by atoms with E-state index in [0.29, 0.717) is 17.1 Å². The van der Waals surface area contributed by atoms with E-state index in [1.165, 1.54) is 16.7 Å². The minimum Gasteiger partial charge on any atom is -0.325 e. The lowest BCUT2D eigenvalue weighted by atomic mass is 10.0. The quantitative estimate of drug-likeness (QED) is 0.607. The molecule has 6 nitrogen and oxygen atoms in total. The highest BCUT2D eigenvalue weighted by atomic mass is 32.2. The third kappa shape index (κ3) is 3.56. The van der Waals surface area contributed by atoms with Gasteiger partial charge in [-0.1, -0.05) is 36.4 Å². The van der Waals surface area contributed by atoms with Gasteiger partial charge in [0.05, 0.1) is 11.4 Å². The molecule has 0 radical (unpaired) electrons. The van der Waals surface area contributed by atoms with Gasteiger partial charge >= 0.3 is 0 Å². The molecule has 3 aromatic carbocycles. The second-order valence-corrected chi connectivity index (χ2v) is 10.0. The summed E-state index contributed by atoms with van der Waals surface area (Å²) in [4.78, 5) is 42.0. The average molecular weight is 472 g/mol. The van der Waals surface area contributed by atoms with E-state index in [-0.39, 0.29) is 30.0 Å².